The number of hydrogen-bond acceptors (Lipinski definition) is 3. The molecule has 1 atom stereocenters. The molecule has 1 aromatic heterocycles. The highest BCUT2D eigenvalue weighted by atomic mass is 79.9. The molecule has 0 amide bonds. The molecule has 1 unspecified atom stereocenters. The maximum atomic E-state index is 11.4. The van der Waals surface area contributed by atoms with Crippen LogP contribution in [0.3, 0.4) is 0 Å². The largest absolute Gasteiger partial charge is 0.481 e. The highest BCUT2D eigenvalue weighted by molar-refractivity contribution is 9.10. The topological polar surface area (TPSA) is 63.1 Å². The zero-order valence-electron chi connectivity index (χ0n) is 10.4. The minimum Gasteiger partial charge on any atom is -0.481 e. The van der Waals surface area contributed by atoms with E-state index in [2.05, 4.69) is 25.9 Å². The van der Waals surface area contributed by atoms with Gasteiger partial charge in [0, 0.05) is 16.9 Å². The highest BCUT2D eigenvalue weighted by Crippen LogP contribution is 2.20. The van der Waals surface area contributed by atoms with Gasteiger partial charge < -0.3 is 5.11 Å². The van der Waals surface area contributed by atoms with E-state index < -0.39 is 11.9 Å². The van der Waals surface area contributed by atoms with Gasteiger partial charge in [-0.1, -0.05) is 28.1 Å². The van der Waals surface area contributed by atoms with Crippen molar-refractivity contribution in [3.63, 3.8) is 0 Å². The van der Waals surface area contributed by atoms with Gasteiger partial charge in [0.1, 0.15) is 11.7 Å². The van der Waals surface area contributed by atoms with E-state index >= 15 is 0 Å². The second-order valence-electron chi connectivity index (χ2n) is 4.34. The second kappa shape index (κ2) is 5.93. The molecule has 5 heteroatoms. The average molecular weight is 321 g/mol. The van der Waals surface area contributed by atoms with Crippen molar-refractivity contribution in [2.75, 3.05) is 0 Å². The average Bonchev–Trinajstić information content (AvgIpc) is 2.37. The molecule has 0 radical (unpaired) electrons. The van der Waals surface area contributed by atoms with Crippen LogP contribution in [0.2, 0.25) is 0 Å². The summed E-state index contributed by atoms with van der Waals surface area (Å²) in [4.78, 5) is 19.6. The van der Waals surface area contributed by atoms with Crippen LogP contribution in [0.15, 0.2) is 41.1 Å². The summed E-state index contributed by atoms with van der Waals surface area (Å²) >= 11 is 3.38. The Hall–Kier alpha value is -1.75. The molecule has 0 aliphatic heterocycles. The number of carbonyl (C=O) groups is 1. The zero-order valence-corrected chi connectivity index (χ0v) is 12.0. The molecule has 98 valence electrons. The Balaban J connectivity index is 2.26. The number of benzene rings is 1. The molecule has 2 aromatic rings. The van der Waals surface area contributed by atoms with Crippen molar-refractivity contribution in [3.05, 3.63) is 58.1 Å². The monoisotopic (exact) mass is 320 g/mol. The number of carboxylic acids is 1. The summed E-state index contributed by atoms with van der Waals surface area (Å²) in [5.41, 5.74) is 1.85. The maximum absolute atomic E-state index is 11.4. The number of aliphatic carboxylic acids is 1. The van der Waals surface area contributed by atoms with Gasteiger partial charge in [-0.15, -0.1) is 0 Å². The molecule has 0 bridgehead atoms. The molecule has 1 N–H and O–H groups in total. The van der Waals surface area contributed by atoms with E-state index in [0.29, 0.717) is 12.2 Å². The zero-order chi connectivity index (χ0) is 13.8. The molecule has 0 fully saturated rings. The fourth-order valence-corrected chi connectivity index (χ4v) is 2.22. The van der Waals surface area contributed by atoms with Crippen LogP contribution in [0, 0.1) is 6.92 Å². The summed E-state index contributed by atoms with van der Waals surface area (Å²) in [7, 11) is 0. The summed E-state index contributed by atoms with van der Waals surface area (Å²) < 4.78 is 0.930. The summed E-state index contributed by atoms with van der Waals surface area (Å²) in [5, 5.41) is 9.33. The van der Waals surface area contributed by atoms with Crippen LogP contribution < -0.4 is 0 Å². The number of hydrogen-bond donors (Lipinski definition) is 1. The fraction of sp³-hybridized carbons (Fsp3) is 0.214. The van der Waals surface area contributed by atoms with Gasteiger partial charge in [-0.2, -0.15) is 0 Å². The normalized spacial score (nSPS) is 12.1. The first-order valence-electron chi connectivity index (χ1n) is 5.82. The van der Waals surface area contributed by atoms with Crippen molar-refractivity contribution in [3.8, 4) is 0 Å². The van der Waals surface area contributed by atoms with Crippen molar-refractivity contribution >= 4 is 21.9 Å². The molecular weight excluding hydrogens is 308 g/mol. The lowest BCUT2D eigenvalue weighted by atomic mass is 9.98. The van der Waals surface area contributed by atoms with Crippen molar-refractivity contribution < 1.29 is 9.90 Å². The van der Waals surface area contributed by atoms with Gasteiger partial charge in [-0.25, -0.2) is 9.97 Å². The fourth-order valence-electron chi connectivity index (χ4n) is 1.77. The third kappa shape index (κ3) is 3.61. The molecule has 0 spiro atoms. The predicted molar refractivity (Wildman–Crippen MR) is 75.0 cm³/mol. The van der Waals surface area contributed by atoms with Crippen LogP contribution in [0.25, 0.3) is 0 Å². The molecule has 0 saturated carbocycles. The lowest BCUT2D eigenvalue weighted by Crippen LogP contribution is -2.17. The number of carboxylic acid groups (broad SMARTS) is 1. The van der Waals surface area contributed by atoms with Gasteiger partial charge in [0.2, 0.25) is 0 Å². The molecule has 0 aliphatic rings. The van der Waals surface area contributed by atoms with Gasteiger partial charge in [-0.3, -0.25) is 4.79 Å². The number of aromatic nitrogens is 2. The summed E-state index contributed by atoms with van der Waals surface area (Å²) in [6.07, 6.45) is 3.65. The van der Waals surface area contributed by atoms with E-state index in [-0.39, 0.29) is 0 Å². The molecule has 1 heterocycles. The molecule has 19 heavy (non-hydrogen) atoms. The van der Waals surface area contributed by atoms with Gasteiger partial charge >= 0.3 is 5.97 Å². The van der Waals surface area contributed by atoms with E-state index in [1.165, 1.54) is 0 Å². The molecule has 0 saturated heterocycles. The SMILES string of the molecule is Cc1cnc(C(Cc2cccc(Br)c2)C(=O)O)nc1. The van der Waals surface area contributed by atoms with E-state index in [0.717, 1.165) is 15.6 Å². The number of nitrogens with zero attached hydrogens (tertiary/aromatic N) is 2. The molecule has 4 nitrogen and oxygen atoms in total. The van der Waals surface area contributed by atoms with Gasteiger partial charge in [0.05, 0.1) is 0 Å². The lowest BCUT2D eigenvalue weighted by Gasteiger charge is -2.11. The Morgan fingerprint density at radius 1 is 1.37 bits per heavy atom. The van der Waals surface area contributed by atoms with Crippen LogP contribution >= 0.6 is 15.9 Å². The Morgan fingerprint density at radius 3 is 2.63 bits per heavy atom. The van der Waals surface area contributed by atoms with E-state index in [1.807, 2.05) is 31.2 Å². The van der Waals surface area contributed by atoms with E-state index in [4.69, 9.17) is 0 Å². The standard InChI is InChI=1S/C14H13BrN2O2/c1-9-7-16-13(17-8-9)12(14(18)19)6-10-3-2-4-11(15)5-10/h2-5,7-8,12H,6H2,1H3,(H,18,19). The van der Waals surface area contributed by atoms with Crippen LogP contribution in [0.5, 0.6) is 0 Å². The van der Waals surface area contributed by atoms with E-state index in [1.54, 1.807) is 12.4 Å². The summed E-state index contributed by atoms with van der Waals surface area (Å²) in [6, 6.07) is 7.59. The Morgan fingerprint density at radius 2 is 2.05 bits per heavy atom. The second-order valence-corrected chi connectivity index (χ2v) is 5.26. The van der Waals surface area contributed by atoms with Gasteiger partial charge in [0.15, 0.2) is 0 Å². The minimum atomic E-state index is -0.913. The van der Waals surface area contributed by atoms with Crippen LogP contribution in [-0.4, -0.2) is 21.0 Å². The van der Waals surface area contributed by atoms with Crippen molar-refractivity contribution in [2.24, 2.45) is 0 Å². The maximum Gasteiger partial charge on any atom is 0.314 e. The first kappa shape index (κ1) is 13.7. The molecule has 1 aromatic carbocycles. The highest BCUT2D eigenvalue weighted by Gasteiger charge is 2.23. The Labute approximate surface area is 119 Å². The Bertz CT molecular complexity index is 584. The van der Waals surface area contributed by atoms with Crippen LogP contribution in [0.4, 0.5) is 0 Å². The number of rotatable bonds is 4. The van der Waals surface area contributed by atoms with E-state index in [9.17, 15) is 9.90 Å². The summed E-state index contributed by atoms with van der Waals surface area (Å²) in [6.45, 7) is 1.87. The van der Waals surface area contributed by atoms with Crippen molar-refractivity contribution in [2.45, 2.75) is 19.3 Å². The quantitative estimate of drug-likeness (QED) is 0.940. The number of halogens is 1. The van der Waals surface area contributed by atoms with Crippen molar-refractivity contribution in [1.82, 2.24) is 9.97 Å². The van der Waals surface area contributed by atoms with Crippen LogP contribution in [-0.2, 0) is 11.2 Å². The van der Waals surface area contributed by atoms with Gasteiger partial charge in [0.25, 0.3) is 0 Å². The number of aryl methyl sites for hydroxylation is 1. The van der Waals surface area contributed by atoms with Gasteiger partial charge in [-0.05, 0) is 36.6 Å². The third-order valence-corrected chi connectivity index (χ3v) is 3.23. The minimum absolute atomic E-state index is 0.345. The Kier molecular flexibility index (Phi) is 4.27. The summed E-state index contributed by atoms with van der Waals surface area (Å²) in [5.74, 6) is -1.29. The smallest absolute Gasteiger partial charge is 0.314 e. The molecular formula is C14H13BrN2O2. The first-order valence-corrected chi connectivity index (χ1v) is 6.61. The molecule has 0 aliphatic carbocycles. The predicted octanol–water partition coefficient (Wildman–Crippen LogP) is 2.96. The van der Waals surface area contributed by atoms with Crippen LogP contribution in [0.1, 0.15) is 22.9 Å². The molecule has 2 rings (SSSR count). The van der Waals surface area contributed by atoms with Crippen molar-refractivity contribution in [1.29, 1.82) is 0 Å². The first-order chi connectivity index (χ1) is 9.06. The lowest BCUT2D eigenvalue weighted by molar-refractivity contribution is -0.139. The third-order valence-electron chi connectivity index (χ3n) is 2.74.